The quantitative estimate of drug-likeness (QED) is 0.855. The number of morpholine rings is 1. The van der Waals surface area contributed by atoms with E-state index in [1.54, 1.807) is 0 Å². The number of hydrogen-bond acceptors (Lipinski definition) is 3. The smallest absolute Gasteiger partial charge is 0.226 e. The number of carbonyl (C=O) groups is 1. The van der Waals surface area contributed by atoms with Crippen LogP contribution in [0.1, 0.15) is 37.7 Å². The highest BCUT2D eigenvalue weighted by molar-refractivity contribution is 5.83. The Balaban J connectivity index is 1.28. The number of ether oxygens (including phenoxy) is 1. The van der Waals surface area contributed by atoms with E-state index in [1.807, 2.05) is 6.07 Å². The van der Waals surface area contributed by atoms with Crippen LogP contribution in [0.3, 0.4) is 0 Å². The van der Waals surface area contributed by atoms with Crippen LogP contribution in [0.2, 0.25) is 0 Å². The highest BCUT2D eigenvalue weighted by atomic mass is 16.5. The first kappa shape index (κ1) is 16.1. The fourth-order valence-corrected chi connectivity index (χ4v) is 4.40. The molecule has 1 saturated carbocycles. The van der Waals surface area contributed by atoms with E-state index < -0.39 is 0 Å². The van der Waals surface area contributed by atoms with Crippen LogP contribution >= 0.6 is 0 Å². The van der Waals surface area contributed by atoms with Gasteiger partial charge < -0.3 is 9.64 Å². The minimum atomic E-state index is 0.229. The minimum Gasteiger partial charge on any atom is -0.376 e. The molecule has 4 rings (SSSR count). The third kappa shape index (κ3) is 3.35. The third-order valence-electron chi connectivity index (χ3n) is 5.90. The Labute approximate surface area is 144 Å². The lowest BCUT2D eigenvalue weighted by Gasteiger charge is -2.41. The van der Waals surface area contributed by atoms with Gasteiger partial charge in [-0.1, -0.05) is 30.3 Å². The maximum Gasteiger partial charge on any atom is 0.226 e. The molecule has 0 radical (unpaired) electrons. The van der Waals surface area contributed by atoms with Gasteiger partial charge in [-0.05, 0) is 37.7 Å². The molecule has 1 aromatic rings. The van der Waals surface area contributed by atoms with Crippen molar-refractivity contribution in [2.24, 2.45) is 5.92 Å². The summed E-state index contributed by atoms with van der Waals surface area (Å²) in [7, 11) is 0. The molecule has 2 saturated heterocycles. The summed E-state index contributed by atoms with van der Waals surface area (Å²) < 4.78 is 5.65. The van der Waals surface area contributed by atoms with Gasteiger partial charge in [0.1, 0.15) is 0 Å². The molecule has 0 bridgehead atoms. The van der Waals surface area contributed by atoms with Crippen LogP contribution in [-0.4, -0.2) is 60.6 Å². The minimum absolute atomic E-state index is 0.229. The normalized spacial score (nSPS) is 31.9. The van der Waals surface area contributed by atoms with Gasteiger partial charge in [-0.15, -0.1) is 0 Å². The Hall–Kier alpha value is -1.39. The number of nitrogens with zero attached hydrogens (tertiary/aromatic N) is 2. The Bertz CT molecular complexity index is 568. The zero-order valence-corrected chi connectivity index (χ0v) is 14.6. The van der Waals surface area contributed by atoms with Gasteiger partial charge in [0.05, 0.1) is 12.7 Å². The van der Waals surface area contributed by atoms with Crippen LogP contribution in [0.5, 0.6) is 0 Å². The van der Waals surface area contributed by atoms with Gasteiger partial charge in [-0.25, -0.2) is 0 Å². The molecular formula is C20H28N2O2. The highest BCUT2D eigenvalue weighted by Gasteiger charge is 2.46. The van der Waals surface area contributed by atoms with Gasteiger partial charge in [-0.3, -0.25) is 9.69 Å². The summed E-state index contributed by atoms with van der Waals surface area (Å²) in [6.07, 6.45) is 3.60. The first-order valence-electron chi connectivity index (χ1n) is 9.42. The summed E-state index contributed by atoms with van der Waals surface area (Å²) in [6, 6.07) is 11.1. The van der Waals surface area contributed by atoms with Gasteiger partial charge >= 0.3 is 0 Å². The number of likely N-dealkylation sites (tertiary alicyclic amines) is 1. The molecular weight excluding hydrogens is 300 g/mol. The van der Waals surface area contributed by atoms with Crippen molar-refractivity contribution in [2.75, 3.05) is 32.8 Å². The Kier molecular flexibility index (Phi) is 4.59. The molecule has 0 spiro atoms. The van der Waals surface area contributed by atoms with Crippen molar-refractivity contribution in [1.82, 2.24) is 9.80 Å². The number of amides is 1. The maximum atomic E-state index is 12.8. The molecule has 0 aromatic heterocycles. The molecule has 3 fully saturated rings. The molecule has 1 amide bonds. The monoisotopic (exact) mass is 328 g/mol. The summed E-state index contributed by atoms with van der Waals surface area (Å²) in [5, 5.41) is 0. The second kappa shape index (κ2) is 6.85. The van der Waals surface area contributed by atoms with E-state index in [9.17, 15) is 4.79 Å². The lowest BCUT2D eigenvalue weighted by atomic mass is 10.0. The maximum absolute atomic E-state index is 12.8. The molecule has 2 aliphatic heterocycles. The largest absolute Gasteiger partial charge is 0.376 e. The molecule has 3 atom stereocenters. The van der Waals surface area contributed by atoms with E-state index in [4.69, 9.17) is 4.74 Å². The summed E-state index contributed by atoms with van der Waals surface area (Å²) in [5.41, 5.74) is 1.33. The van der Waals surface area contributed by atoms with Crippen molar-refractivity contribution < 1.29 is 9.53 Å². The zero-order valence-electron chi connectivity index (χ0n) is 14.6. The van der Waals surface area contributed by atoms with Gasteiger partial charge in [0.15, 0.2) is 0 Å². The standard InChI is InChI=1S/C20H28N2O2/c1-15-14-22(11-12-24-15)17-7-9-21(10-8-17)20(23)19-13-18(19)16-5-3-2-4-6-16/h2-6,15,17-19H,7-14H2,1H3. The third-order valence-corrected chi connectivity index (χ3v) is 5.90. The summed E-state index contributed by atoms with van der Waals surface area (Å²) in [6.45, 7) is 6.93. The van der Waals surface area contributed by atoms with Crippen molar-refractivity contribution in [2.45, 2.75) is 44.2 Å². The molecule has 130 valence electrons. The number of hydrogen-bond donors (Lipinski definition) is 0. The molecule has 2 heterocycles. The second-order valence-electron chi connectivity index (χ2n) is 7.59. The first-order valence-corrected chi connectivity index (χ1v) is 9.42. The predicted molar refractivity (Wildman–Crippen MR) is 93.9 cm³/mol. The number of carbonyl (C=O) groups excluding carboxylic acids is 1. The summed E-state index contributed by atoms with van der Waals surface area (Å²) in [4.78, 5) is 17.5. The molecule has 3 aliphatic rings. The van der Waals surface area contributed by atoms with Crippen LogP contribution in [-0.2, 0) is 9.53 Å². The van der Waals surface area contributed by atoms with Gasteiger partial charge in [0.25, 0.3) is 0 Å². The zero-order chi connectivity index (χ0) is 16.5. The van der Waals surface area contributed by atoms with Gasteiger partial charge in [-0.2, -0.15) is 0 Å². The fourth-order valence-electron chi connectivity index (χ4n) is 4.40. The van der Waals surface area contributed by atoms with E-state index in [-0.39, 0.29) is 5.92 Å². The molecule has 3 unspecified atom stereocenters. The van der Waals surface area contributed by atoms with Crippen molar-refractivity contribution >= 4 is 5.91 Å². The van der Waals surface area contributed by atoms with Crippen LogP contribution in [0, 0.1) is 5.92 Å². The number of benzene rings is 1. The predicted octanol–water partition coefficient (Wildman–Crippen LogP) is 2.50. The van der Waals surface area contributed by atoms with Crippen molar-refractivity contribution in [3.63, 3.8) is 0 Å². The lowest BCUT2D eigenvalue weighted by Crippen LogP contribution is -2.52. The van der Waals surface area contributed by atoms with E-state index in [1.165, 1.54) is 5.56 Å². The van der Waals surface area contributed by atoms with Crippen molar-refractivity contribution in [3.05, 3.63) is 35.9 Å². The van der Waals surface area contributed by atoms with Gasteiger partial charge in [0.2, 0.25) is 5.91 Å². The number of rotatable bonds is 3. The Morgan fingerprint density at radius 2 is 1.88 bits per heavy atom. The average Bonchev–Trinajstić information content (AvgIpc) is 3.43. The van der Waals surface area contributed by atoms with Crippen molar-refractivity contribution in [3.8, 4) is 0 Å². The highest BCUT2D eigenvalue weighted by Crippen LogP contribution is 2.48. The van der Waals surface area contributed by atoms with Crippen molar-refractivity contribution in [1.29, 1.82) is 0 Å². The van der Waals surface area contributed by atoms with E-state index in [0.717, 1.165) is 52.0 Å². The molecule has 1 aromatic carbocycles. The number of piperidine rings is 1. The SMILES string of the molecule is CC1CN(C2CCN(C(=O)C3CC3c3ccccc3)CC2)CCO1. The van der Waals surface area contributed by atoms with Crippen LogP contribution in [0.25, 0.3) is 0 Å². The fraction of sp³-hybridized carbons (Fsp3) is 0.650. The van der Waals surface area contributed by atoms with Crippen LogP contribution in [0.15, 0.2) is 30.3 Å². The molecule has 4 heteroatoms. The van der Waals surface area contributed by atoms with Gasteiger partial charge in [0, 0.05) is 38.1 Å². The first-order chi connectivity index (χ1) is 11.7. The average molecular weight is 328 g/mol. The van der Waals surface area contributed by atoms with Crippen LogP contribution < -0.4 is 0 Å². The molecule has 24 heavy (non-hydrogen) atoms. The summed E-state index contributed by atoms with van der Waals surface area (Å²) in [5.74, 6) is 1.07. The Morgan fingerprint density at radius 1 is 1.12 bits per heavy atom. The molecule has 4 nitrogen and oxygen atoms in total. The molecule has 1 aliphatic carbocycles. The molecule has 0 N–H and O–H groups in total. The Morgan fingerprint density at radius 3 is 2.58 bits per heavy atom. The lowest BCUT2D eigenvalue weighted by molar-refractivity contribution is -0.134. The van der Waals surface area contributed by atoms with E-state index >= 15 is 0 Å². The van der Waals surface area contributed by atoms with E-state index in [2.05, 4.69) is 41.0 Å². The second-order valence-corrected chi connectivity index (χ2v) is 7.59. The summed E-state index contributed by atoms with van der Waals surface area (Å²) >= 11 is 0. The topological polar surface area (TPSA) is 32.8 Å². The van der Waals surface area contributed by atoms with E-state index in [0.29, 0.717) is 24.0 Å². The van der Waals surface area contributed by atoms with Crippen LogP contribution in [0.4, 0.5) is 0 Å².